The summed E-state index contributed by atoms with van der Waals surface area (Å²) in [6, 6.07) is -0.674. The fraction of sp³-hybridized carbons (Fsp3) is 0.700. The van der Waals surface area contributed by atoms with Gasteiger partial charge in [-0.25, -0.2) is 14.6 Å². The van der Waals surface area contributed by atoms with E-state index in [4.69, 9.17) is 0 Å². The summed E-state index contributed by atoms with van der Waals surface area (Å²) in [4.78, 5) is 46.7. The number of imidazole rings is 1. The molecule has 1 fully saturated rings. The van der Waals surface area contributed by atoms with Crippen LogP contribution in [0.25, 0.3) is 0 Å². The van der Waals surface area contributed by atoms with Gasteiger partial charge in [0.15, 0.2) is 0 Å². The van der Waals surface area contributed by atoms with Crippen molar-refractivity contribution in [1.82, 2.24) is 24.3 Å². The predicted octanol–water partition coefficient (Wildman–Crippen LogP) is 2.52. The average Bonchev–Trinajstić information content (AvgIpc) is 3.18. The number of hydrogen-bond acceptors (Lipinski definition) is 4. The second-order valence-corrected chi connectivity index (χ2v) is 8.85. The first kappa shape index (κ1) is 21.1. The normalized spacial score (nSPS) is 18.7. The number of nitrogens with zero attached hydrogens (tertiary/aromatic N) is 5. The third-order valence-electron chi connectivity index (χ3n) is 5.91. The molecule has 3 rings (SSSR count). The standard InChI is InChI=1S/C20H31N5O4/c1-6-16(25(19(28)29)20(3,4)5)17(26)22-9-7-14(8-10-22)23-12-15-11-21-13(2)24(15)18(23)27/h11,14,16H,6-10,12H2,1-5H3,(H,28,29)/t16-/m1/s1. The number of likely N-dealkylation sites (tertiary alicyclic amines) is 1. The zero-order valence-electron chi connectivity index (χ0n) is 17.9. The van der Waals surface area contributed by atoms with E-state index in [1.807, 2.05) is 18.7 Å². The molecule has 0 aliphatic carbocycles. The van der Waals surface area contributed by atoms with E-state index in [1.165, 1.54) is 4.90 Å². The van der Waals surface area contributed by atoms with E-state index < -0.39 is 17.7 Å². The van der Waals surface area contributed by atoms with Crippen molar-refractivity contribution in [3.63, 3.8) is 0 Å². The number of hydrogen-bond donors (Lipinski definition) is 1. The fourth-order valence-electron chi connectivity index (χ4n) is 4.48. The Hall–Kier alpha value is -2.58. The molecular weight excluding hydrogens is 374 g/mol. The number of piperidine rings is 1. The van der Waals surface area contributed by atoms with Gasteiger partial charge in [-0.2, -0.15) is 0 Å². The maximum absolute atomic E-state index is 13.1. The molecular formula is C20H31N5O4. The highest BCUT2D eigenvalue weighted by Gasteiger charge is 2.41. The molecule has 1 N–H and O–H groups in total. The van der Waals surface area contributed by atoms with Gasteiger partial charge >= 0.3 is 12.1 Å². The lowest BCUT2D eigenvalue weighted by Crippen LogP contribution is -2.58. The van der Waals surface area contributed by atoms with Crippen LogP contribution in [0.15, 0.2) is 6.20 Å². The van der Waals surface area contributed by atoms with Crippen LogP contribution in [0.2, 0.25) is 0 Å². The van der Waals surface area contributed by atoms with Crippen LogP contribution in [0.1, 0.15) is 58.5 Å². The second-order valence-electron chi connectivity index (χ2n) is 8.85. The van der Waals surface area contributed by atoms with Gasteiger partial charge in [0, 0.05) is 24.7 Å². The zero-order valence-corrected chi connectivity index (χ0v) is 17.9. The molecule has 0 unspecified atom stereocenters. The van der Waals surface area contributed by atoms with Gasteiger partial charge in [0.25, 0.3) is 0 Å². The Labute approximate surface area is 171 Å². The maximum Gasteiger partial charge on any atom is 0.408 e. The smallest absolute Gasteiger partial charge is 0.408 e. The highest BCUT2D eigenvalue weighted by Crippen LogP contribution is 2.27. The number of carbonyl (C=O) groups excluding carboxylic acids is 2. The first-order valence-electron chi connectivity index (χ1n) is 10.2. The van der Waals surface area contributed by atoms with Crippen LogP contribution in [0.4, 0.5) is 9.59 Å². The lowest BCUT2D eigenvalue weighted by molar-refractivity contribution is -0.139. The highest BCUT2D eigenvalue weighted by molar-refractivity contribution is 5.86. The van der Waals surface area contributed by atoms with Gasteiger partial charge in [-0.05, 0) is 47.0 Å². The maximum atomic E-state index is 13.1. The van der Waals surface area contributed by atoms with Gasteiger partial charge in [-0.15, -0.1) is 0 Å². The van der Waals surface area contributed by atoms with E-state index in [-0.39, 0.29) is 18.0 Å². The highest BCUT2D eigenvalue weighted by atomic mass is 16.4. The van der Waals surface area contributed by atoms with E-state index >= 15 is 0 Å². The van der Waals surface area contributed by atoms with Crippen LogP contribution >= 0.6 is 0 Å². The molecule has 9 nitrogen and oxygen atoms in total. The van der Waals surface area contributed by atoms with Crippen molar-refractivity contribution in [2.45, 2.75) is 78.0 Å². The molecule has 3 heterocycles. The van der Waals surface area contributed by atoms with Crippen molar-refractivity contribution < 1.29 is 19.5 Å². The van der Waals surface area contributed by atoms with Crippen LogP contribution in [0.5, 0.6) is 0 Å². The Morgan fingerprint density at radius 3 is 2.41 bits per heavy atom. The summed E-state index contributed by atoms with van der Waals surface area (Å²) in [7, 11) is 0. The molecule has 0 saturated carbocycles. The molecule has 160 valence electrons. The summed E-state index contributed by atoms with van der Waals surface area (Å²) < 4.78 is 1.65. The molecule has 2 aliphatic heterocycles. The molecule has 1 aromatic rings. The molecule has 0 bridgehead atoms. The van der Waals surface area contributed by atoms with Crippen LogP contribution in [-0.4, -0.2) is 78.1 Å². The van der Waals surface area contributed by atoms with Crippen molar-refractivity contribution >= 4 is 18.0 Å². The molecule has 0 spiro atoms. The van der Waals surface area contributed by atoms with Crippen molar-refractivity contribution in [2.75, 3.05) is 13.1 Å². The zero-order chi connectivity index (χ0) is 21.5. The molecule has 1 aromatic heterocycles. The minimum absolute atomic E-state index is 0.0454. The molecule has 1 saturated heterocycles. The number of carboxylic acid groups (broad SMARTS) is 1. The number of aromatic nitrogens is 2. The van der Waals surface area contributed by atoms with Crippen LogP contribution in [-0.2, 0) is 11.3 Å². The van der Waals surface area contributed by atoms with Crippen molar-refractivity contribution in [3.05, 3.63) is 17.7 Å². The summed E-state index contributed by atoms with van der Waals surface area (Å²) in [5.41, 5.74) is 0.237. The van der Waals surface area contributed by atoms with Gasteiger partial charge in [-0.1, -0.05) is 6.92 Å². The van der Waals surface area contributed by atoms with Crippen molar-refractivity contribution in [1.29, 1.82) is 0 Å². The molecule has 1 atom stereocenters. The first-order valence-corrected chi connectivity index (χ1v) is 10.2. The summed E-state index contributed by atoms with van der Waals surface area (Å²) in [6.07, 6.45) is 2.46. The number of amides is 3. The quantitative estimate of drug-likeness (QED) is 0.830. The average molecular weight is 405 g/mol. The number of aryl methyl sites for hydroxylation is 1. The van der Waals surface area contributed by atoms with Crippen molar-refractivity contribution in [3.8, 4) is 0 Å². The summed E-state index contributed by atoms with van der Waals surface area (Å²) in [5, 5.41) is 9.66. The minimum atomic E-state index is -1.08. The molecule has 3 amide bonds. The third kappa shape index (κ3) is 3.82. The van der Waals surface area contributed by atoms with Gasteiger partial charge in [0.05, 0.1) is 18.4 Å². The number of rotatable bonds is 4. The lowest BCUT2D eigenvalue weighted by atomic mass is 9.99. The molecule has 2 aliphatic rings. The largest absolute Gasteiger partial charge is 0.465 e. The number of carbonyl (C=O) groups is 3. The van der Waals surface area contributed by atoms with Crippen LogP contribution < -0.4 is 0 Å². The van der Waals surface area contributed by atoms with E-state index in [2.05, 4.69) is 4.98 Å². The number of fused-ring (bicyclic) bond motifs is 1. The molecule has 0 aromatic carbocycles. The van der Waals surface area contributed by atoms with E-state index in [9.17, 15) is 19.5 Å². The third-order valence-corrected chi connectivity index (χ3v) is 5.91. The van der Waals surface area contributed by atoms with Gasteiger partial charge in [-0.3, -0.25) is 14.3 Å². The second kappa shape index (κ2) is 7.68. The molecule has 29 heavy (non-hydrogen) atoms. The predicted molar refractivity (Wildman–Crippen MR) is 107 cm³/mol. The van der Waals surface area contributed by atoms with Crippen LogP contribution in [0, 0.1) is 6.92 Å². The van der Waals surface area contributed by atoms with Crippen molar-refractivity contribution in [2.24, 2.45) is 0 Å². The topological polar surface area (TPSA) is 99.0 Å². The van der Waals surface area contributed by atoms with Gasteiger partial charge in [0.1, 0.15) is 11.9 Å². The Kier molecular flexibility index (Phi) is 5.60. The van der Waals surface area contributed by atoms with Gasteiger partial charge < -0.3 is 14.9 Å². The Morgan fingerprint density at radius 2 is 1.93 bits per heavy atom. The van der Waals surface area contributed by atoms with Gasteiger partial charge in [0.2, 0.25) is 5.91 Å². The summed E-state index contributed by atoms with van der Waals surface area (Å²) in [5.74, 6) is 0.546. The van der Waals surface area contributed by atoms with Crippen LogP contribution in [0.3, 0.4) is 0 Å². The molecule has 9 heteroatoms. The minimum Gasteiger partial charge on any atom is -0.465 e. The first-order chi connectivity index (χ1) is 13.6. The Balaban J connectivity index is 1.65. The lowest BCUT2D eigenvalue weighted by Gasteiger charge is -2.42. The Morgan fingerprint density at radius 1 is 1.31 bits per heavy atom. The Bertz CT molecular complexity index is 804. The summed E-state index contributed by atoms with van der Waals surface area (Å²) in [6.45, 7) is 10.6. The van der Waals surface area contributed by atoms with E-state index in [0.717, 1.165) is 5.69 Å². The van der Waals surface area contributed by atoms with E-state index in [1.54, 1.807) is 36.4 Å². The molecule has 0 radical (unpaired) electrons. The SMILES string of the molecule is CC[C@H](C(=O)N1CCC(N2Cc3cnc(C)n3C2=O)CC1)N(C(=O)O)C(C)(C)C. The summed E-state index contributed by atoms with van der Waals surface area (Å²) >= 11 is 0. The fourth-order valence-corrected chi connectivity index (χ4v) is 4.48. The monoisotopic (exact) mass is 405 g/mol. The van der Waals surface area contributed by atoms with E-state index in [0.29, 0.717) is 44.7 Å².